The molecule has 1 aliphatic carbocycles. The van der Waals surface area contributed by atoms with Gasteiger partial charge in [0.2, 0.25) is 0 Å². The van der Waals surface area contributed by atoms with Gasteiger partial charge in [-0.1, -0.05) is 33.1 Å². The molecule has 0 radical (unpaired) electrons. The van der Waals surface area contributed by atoms with Crippen molar-refractivity contribution in [2.24, 2.45) is 0 Å². The van der Waals surface area contributed by atoms with Gasteiger partial charge < -0.3 is 10.2 Å². The van der Waals surface area contributed by atoms with Crippen LogP contribution in [0.1, 0.15) is 69.2 Å². The van der Waals surface area contributed by atoms with Crippen LogP contribution in [-0.2, 0) is 0 Å². The third kappa shape index (κ3) is 4.72. The van der Waals surface area contributed by atoms with Crippen LogP contribution < -0.4 is 10.2 Å². The Balaban J connectivity index is 2.04. The smallest absolute Gasteiger partial charge is 0.253 e. The molecule has 1 amide bonds. The Kier molecular flexibility index (Phi) is 6.69. The summed E-state index contributed by atoms with van der Waals surface area (Å²) >= 11 is 0. The predicted octanol–water partition coefficient (Wildman–Crippen LogP) is 3.77. The SMILES string of the molecule is CCCN(CCC)c1cncc(C(=O)NC2CCCCC2)c1. The van der Waals surface area contributed by atoms with Gasteiger partial charge in [-0.3, -0.25) is 9.78 Å². The minimum atomic E-state index is 0.0224. The molecule has 0 atom stereocenters. The molecule has 4 heteroatoms. The zero-order valence-corrected chi connectivity index (χ0v) is 14.0. The second kappa shape index (κ2) is 8.76. The van der Waals surface area contributed by atoms with Gasteiger partial charge in [0.15, 0.2) is 0 Å². The minimum Gasteiger partial charge on any atom is -0.370 e. The van der Waals surface area contributed by atoms with E-state index in [-0.39, 0.29) is 5.91 Å². The van der Waals surface area contributed by atoms with Crippen molar-refractivity contribution in [2.75, 3.05) is 18.0 Å². The average Bonchev–Trinajstić information content (AvgIpc) is 2.56. The number of pyridine rings is 1. The normalized spacial score (nSPS) is 15.5. The lowest BCUT2D eigenvalue weighted by Crippen LogP contribution is -2.36. The molecule has 0 aliphatic heterocycles. The molecule has 0 spiro atoms. The number of nitrogens with one attached hydrogen (secondary N) is 1. The molecule has 0 saturated heterocycles. The second-order valence-electron chi connectivity index (χ2n) is 6.23. The third-order valence-corrected chi connectivity index (χ3v) is 4.28. The lowest BCUT2D eigenvalue weighted by molar-refractivity contribution is 0.0927. The largest absolute Gasteiger partial charge is 0.370 e. The maximum Gasteiger partial charge on any atom is 0.253 e. The Morgan fingerprint density at radius 2 is 1.86 bits per heavy atom. The Bertz CT molecular complexity index is 463. The highest BCUT2D eigenvalue weighted by atomic mass is 16.1. The number of hydrogen-bond acceptors (Lipinski definition) is 3. The summed E-state index contributed by atoms with van der Waals surface area (Å²) in [5.41, 5.74) is 1.74. The zero-order chi connectivity index (χ0) is 15.8. The maximum atomic E-state index is 12.4. The van der Waals surface area contributed by atoms with E-state index in [0.717, 1.165) is 44.5 Å². The molecule has 0 bridgehead atoms. The molecule has 4 nitrogen and oxygen atoms in total. The lowest BCUT2D eigenvalue weighted by atomic mass is 9.95. The van der Waals surface area contributed by atoms with Crippen molar-refractivity contribution in [3.63, 3.8) is 0 Å². The maximum absolute atomic E-state index is 12.4. The van der Waals surface area contributed by atoms with E-state index in [0.29, 0.717) is 11.6 Å². The molecule has 1 aliphatic rings. The van der Waals surface area contributed by atoms with E-state index >= 15 is 0 Å². The molecular formula is C18H29N3O. The van der Waals surface area contributed by atoms with Crippen LogP contribution in [0.2, 0.25) is 0 Å². The third-order valence-electron chi connectivity index (χ3n) is 4.28. The average molecular weight is 303 g/mol. The summed E-state index contributed by atoms with van der Waals surface area (Å²) in [5.74, 6) is 0.0224. The van der Waals surface area contributed by atoms with Crippen LogP contribution in [-0.4, -0.2) is 30.0 Å². The fraction of sp³-hybridized carbons (Fsp3) is 0.667. The van der Waals surface area contributed by atoms with Gasteiger partial charge >= 0.3 is 0 Å². The summed E-state index contributed by atoms with van der Waals surface area (Å²) in [6.07, 6.45) is 11.7. The van der Waals surface area contributed by atoms with Crippen molar-refractivity contribution in [1.82, 2.24) is 10.3 Å². The molecule has 2 rings (SSSR count). The number of aromatic nitrogens is 1. The van der Waals surface area contributed by atoms with Crippen molar-refractivity contribution < 1.29 is 4.79 Å². The van der Waals surface area contributed by atoms with Crippen LogP contribution in [0.5, 0.6) is 0 Å². The minimum absolute atomic E-state index is 0.0224. The van der Waals surface area contributed by atoms with E-state index in [2.05, 4.69) is 29.0 Å². The van der Waals surface area contributed by atoms with E-state index in [9.17, 15) is 4.79 Å². The van der Waals surface area contributed by atoms with Crippen molar-refractivity contribution in [1.29, 1.82) is 0 Å². The molecule has 0 aromatic carbocycles. The molecule has 1 heterocycles. The molecule has 1 aromatic rings. The molecule has 0 unspecified atom stereocenters. The van der Waals surface area contributed by atoms with E-state index in [1.165, 1.54) is 19.3 Å². The van der Waals surface area contributed by atoms with Gasteiger partial charge in [-0.2, -0.15) is 0 Å². The van der Waals surface area contributed by atoms with Crippen molar-refractivity contribution in [2.45, 2.75) is 64.8 Å². The summed E-state index contributed by atoms with van der Waals surface area (Å²) in [6.45, 7) is 6.36. The van der Waals surface area contributed by atoms with Crippen LogP contribution in [0.4, 0.5) is 5.69 Å². The number of carbonyl (C=O) groups excluding carboxylic acids is 1. The van der Waals surface area contributed by atoms with Gasteiger partial charge in [0, 0.05) is 25.3 Å². The first-order valence-electron chi connectivity index (χ1n) is 8.75. The zero-order valence-electron chi connectivity index (χ0n) is 14.0. The van der Waals surface area contributed by atoms with Crippen LogP contribution in [0.3, 0.4) is 0 Å². The topological polar surface area (TPSA) is 45.2 Å². The molecule has 1 saturated carbocycles. The Morgan fingerprint density at radius 3 is 2.50 bits per heavy atom. The van der Waals surface area contributed by atoms with Crippen LogP contribution in [0.25, 0.3) is 0 Å². The molecule has 1 N–H and O–H groups in total. The number of anilines is 1. The Labute approximate surface area is 134 Å². The van der Waals surface area contributed by atoms with Gasteiger partial charge in [-0.15, -0.1) is 0 Å². The quantitative estimate of drug-likeness (QED) is 0.834. The van der Waals surface area contributed by atoms with Crippen LogP contribution >= 0.6 is 0 Å². The van der Waals surface area contributed by atoms with Gasteiger partial charge in [-0.05, 0) is 31.7 Å². The van der Waals surface area contributed by atoms with Gasteiger partial charge in [0.25, 0.3) is 5.91 Å². The Hall–Kier alpha value is -1.58. The predicted molar refractivity (Wildman–Crippen MR) is 91.4 cm³/mol. The lowest BCUT2D eigenvalue weighted by Gasteiger charge is -2.25. The fourth-order valence-corrected chi connectivity index (χ4v) is 3.15. The number of rotatable bonds is 7. The highest BCUT2D eigenvalue weighted by Crippen LogP contribution is 2.19. The van der Waals surface area contributed by atoms with Crippen LogP contribution in [0, 0.1) is 0 Å². The van der Waals surface area contributed by atoms with Crippen molar-refractivity contribution in [3.8, 4) is 0 Å². The number of amides is 1. The molecule has 1 aromatic heterocycles. The number of hydrogen-bond donors (Lipinski definition) is 1. The summed E-state index contributed by atoms with van der Waals surface area (Å²) in [5, 5.41) is 3.17. The van der Waals surface area contributed by atoms with Gasteiger partial charge in [-0.25, -0.2) is 0 Å². The van der Waals surface area contributed by atoms with E-state index in [1.807, 2.05) is 12.3 Å². The standard InChI is InChI=1S/C18H29N3O/c1-3-10-21(11-4-2)17-12-15(13-19-14-17)18(22)20-16-8-6-5-7-9-16/h12-14,16H,3-11H2,1-2H3,(H,20,22). The van der Waals surface area contributed by atoms with Crippen molar-refractivity contribution in [3.05, 3.63) is 24.0 Å². The fourth-order valence-electron chi connectivity index (χ4n) is 3.15. The van der Waals surface area contributed by atoms with E-state index in [1.54, 1.807) is 6.20 Å². The first kappa shape index (κ1) is 16.8. The summed E-state index contributed by atoms with van der Waals surface area (Å²) in [6, 6.07) is 2.32. The van der Waals surface area contributed by atoms with Gasteiger partial charge in [0.1, 0.15) is 0 Å². The second-order valence-corrected chi connectivity index (χ2v) is 6.23. The first-order valence-corrected chi connectivity index (χ1v) is 8.75. The van der Waals surface area contributed by atoms with Crippen LogP contribution in [0.15, 0.2) is 18.5 Å². The van der Waals surface area contributed by atoms with E-state index < -0.39 is 0 Å². The molecule has 122 valence electrons. The summed E-state index contributed by atoms with van der Waals surface area (Å²) in [7, 11) is 0. The highest BCUT2D eigenvalue weighted by Gasteiger charge is 2.17. The monoisotopic (exact) mass is 303 g/mol. The van der Waals surface area contributed by atoms with Gasteiger partial charge in [0.05, 0.1) is 17.4 Å². The Morgan fingerprint density at radius 1 is 1.18 bits per heavy atom. The number of nitrogens with zero attached hydrogens (tertiary/aromatic N) is 2. The first-order chi connectivity index (χ1) is 10.7. The van der Waals surface area contributed by atoms with Crippen molar-refractivity contribution >= 4 is 11.6 Å². The summed E-state index contributed by atoms with van der Waals surface area (Å²) < 4.78 is 0. The number of carbonyl (C=O) groups is 1. The molecular weight excluding hydrogens is 274 g/mol. The highest BCUT2D eigenvalue weighted by molar-refractivity contribution is 5.94. The van der Waals surface area contributed by atoms with E-state index in [4.69, 9.17) is 0 Å². The summed E-state index contributed by atoms with van der Waals surface area (Å²) in [4.78, 5) is 19.0. The molecule has 22 heavy (non-hydrogen) atoms. The molecule has 1 fully saturated rings.